The Morgan fingerprint density at radius 2 is 1.77 bits per heavy atom. The van der Waals surface area contributed by atoms with Gasteiger partial charge in [0.2, 0.25) is 5.91 Å². The Hall–Kier alpha value is -2.36. The van der Waals surface area contributed by atoms with Crippen LogP contribution in [0.4, 0.5) is 4.39 Å². The van der Waals surface area contributed by atoms with Crippen LogP contribution in [0.15, 0.2) is 48.5 Å². The Bertz CT molecular complexity index is 650. The van der Waals surface area contributed by atoms with Crippen LogP contribution < -0.4 is 10.1 Å². The highest BCUT2D eigenvalue weighted by molar-refractivity contribution is 5.87. The summed E-state index contributed by atoms with van der Waals surface area (Å²) in [5.41, 5.74) is 0.940. The summed E-state index contributed by atoms with van der Waals surface area (Å²) in [4.78, 5) is 12.5. The molecule has 22 heavy (non-hydrogen) atoms. The molecule has 0 aliphatic carbocycles. The van der Waals surface area contributed by atoms with Crippen LogP contribution in [0.25, 0.3) is 0 Å². The Balaban J connectivity index is 2.09. The number of carbonyl (C=O) groups is 1. The molecule has 116 valence electrons. The average Bonchev–Trinajstić information content (AvgIpc) is 2.53. The Kier molecular flexibility index (Phi) is 4.81. The lowest BCUT2D eigenvalue weighted by Gasteiger charge is -2.24. The molecule has 0 aromatic heterocycles. The topological polar surface area (TPSA) is 38.3 Å². The highest BCUT2D eigenvalue weighted by atomic mass is 19.1. The third-order valence-electron chi connectivity index (χ3n) is 3.77. The van der Waals surface area contributed by atoms with Gasteiger partial charge in [-0.2, -0.15) is 0 Å². The Morgan fingerprint density at radius 1 is 1.14 bits per heavy atom. The average molecular weight is 301 g/mol. The number of halogens is 1. The molecule has 2 aromatic rings. The molecular weight excluding hydrogens is 281 g/mol. The third-order valence-corrected chi connectivity index (χ3v) is 3.77. The predicted molar refractivity (Wildman–Crippen MR) is 84.3 cm³/mol. The summed E-state index contributed by atoms with van der Waals surface area (Å²) in [5, 5.41) is 2.91. The number of amides is 1. The molecule has 0 spiro atoms. The number of nitrogens with one attached hydrogen (secondary N) is 1. The number of rotatable bonds is 5. The second-order valence-electron chi connectivity index (χ2n) is 5.63. The summed E-state index contributed by atoms with van der Waals surface area (Å²) in [7, 11) is 1.60. The monoisotopic (exact) mass is 301 g/mol. The van der Waals surface area contributed by atoms with Gasteiger partial charge in [-0.15, -0.1) is 0 Å². The maximum absolute atomic E-state index is 13.0. The van der Waals surface area contributed by atoms with Crippen LogP contribution in [0.2, 0.25) is 0 Å². The first-order valence-electron chi connectivity index (χ1n) is 7.11. The van der Waals surface area contributed by atoms with E-state index in [0.29, 0.717) is 6.54 Å². The van der Waals surface area contributed by atoms with Gasteiger partial charge < -0.3 is 10.1 Å². The first-order chi connectivity index (χ1) is 10.4. The zero-order valence-corrected chi connectivity index (χ0v) is 13.0. The zero-order chi connectivity index (χ0) is 16.2. The number of hydrogen-bond donors (Lipinski definition) is 1. The molecule has 1 amide bonds. The van der Waals surface area contributed by atoms with E-state index in [9.17, 15) is 9.18 Å². The van der Waals surface area contributed by atoms with Crippen molar-refractivity contribution in [1.82, 2.24) is 5.32 Å². The minimum Gasteiger partial charge on any atom is -0.496 e. The van der Waals surface area contributed by atoms with E-state index >= 15 is 0 Å². The lowest BCUT2D eigenvalue weighted by atomic mass is 9.83. The molecule has 0 atom stereocenters. The number of para-hydroxylation sites is 1. The molecular formula is C18H20FNO2. The fraction of sp³-hybridized carbons (Fsp3) is 0.278. The summed E-state index contributed by atoms with van der Waals surface area (Å²) in [5.74, 6) is 0.307. The maximum Gasteiger partial charge on any atom is 0.230 e. The van der Waals surface area contributed by atoms with Crippen LogP contribution in [0, 0.1) is 5.82 Å². The molecule has 4 heteroatoms. The molecule has 1 N–H and O–H groups in total. The van der Waals surface area contributed by atoms with Crippen LogP contribution >= 0.6 is 0 Å². The van der Waals surface area contributed by atoms with Crippen molar-refractivity contribution in [2.24, 2.45) is 0 Å². The molecule has 0 saturated carbocycles. The van der Waals surface area contributed by atoms with E-state index < -0.39 is 5.41 Å². The van der Waals surface area contributed by atoms with E-state index in [0.717, 1.165) is 16.9 Å². The van der Waals surface area contributed by atoms with E-state index in [1.54, 1.807) is 19.2 Å². The summed E-state index contributed by atoms with van der Waals surface area (Å²) in [6.45, 7) is 4.02. The van der Waals surface area contributed by atoms with Crippen LogP contribution in [0.5, 0.6) is 5.75 Å². The zero-order valence-electron chi connectivity index (χ0n) is 13.0. The van der Waals surface area contributed by atoms with Crippen molar-refractivity contribution in [2.75, 3.05) is 7.11 Å². The SMILES string of the molecule is COc1ccccc1CNC(=O)C(C)(C)c1ccc(F)cc1. The first kappa shape index (κ1) is 16.0. The molecule has 2 rings (SSSR count). The number of methoxy groups -OCH3 is 1. The number of benzene rings is 2. The van der Waals surface area contributed by atoms with Gasteiger partial charge in [-0.3, -0.25) is 4.79 Å². The van der Waals surface area contributed by atoms with Crippen molar-refractivity contribution < 1.29 is 13.9 Å². The van der Waals surface area contributed by atoms with Crippen molar-refractivity contribution in [3.63, 3.8) is 0 Å². The van der Waals surface area contributed by atoms with Crippen molar-refractivity contribution >= 4 is 5.91 Å². The fourth-order valence-corrected chi connectivity index (χ4v) is 2.24. The van der Waals surface area contributed by atoms with Crippen molar-refractivity contribution in [3.05, 3.63) is 65.5 Å². The van der Waals surface area contributed by atoms with Gasteiger partial charge in [-0.1, -0.05) is 30.3 Å². The standard InChI is InChI=1S/C18H20FNO2/c1-18(2,14-8-10-15(19)11-9-14)17(21)20-12-13-6-4-5-7-16(13)22-3/h4-11H,12H2,1-3H3,(H,20,21). The molecule has 0 radical (unpaired) electrons. The van der Waals surface area contributed by atoms with Gasteiger partial charge in [0.05, 0.1) is 12.5 Å². The fourth-order valence-electron chi connectivity index (χ4n) is 2.24. The quantitative estimate of drug-likeness (QED) is 0.919. The lowest BCUT2D eigenvalue weighted by molar-refractivity contribution is -0.125. The van der Waals surface area contributed by atoms with Crippen LogP contribution in [0.1, 0.15) is 25.0 Å². The van der Waals surface area contributed by atoms with Gasteiger partial charge in [0.1, 0.15) is 11.6 Å². The molecule has 0 heterocycles. The van der Waals surface area contributed by atoms with E-state index in [2.05, 4.69) is 5.32 Å². The highest BCUT2D eigenvalue weighted by Crippen LogP contribution is 2.24. The summed E-state index contributed by atoms with van der Waals surface area (Å²) < 4.78 is 18.3. The molecule has 2 aromatic carbocycles. The van der Waals surface area contributed by atoms with Gasteiger partial charge >= 0.3 is 0 Å². The predicted octanol–water partition coefficient (Wildman–Crippen LogP) is 3.43. The molecule has 3 nitrogen and oxygen atoms in total. The van der Waals surface area contributed by atoms with Crippen LogP contribution in [-0.2, 0) is 16.8 Å². The van der Waals surface area contributed by atoms with Crippen molar-refractivity contribution in [3.8, 4) is 5.75 Å². The van der Waals surface area contributed by atoms with E-state index in [1.807, 2.05) is 38.1 Å². The smallest absolute Gasteiger partial charge is 0.230 e. The second kappa shape index (κ2) is 6.60. The number of ether oxygens (including phenoxy) is 1. The van der Waals surface area contributed by atoms with E-state index in [4.69, 9.17) is 4.74 Å². The minimum atomic E-state index is -0.740. The number of carbonyl (C=O) groups excluding carboxylic acids is 1. The van der Waals surface area contributed by atoms with Crippen LogP contribution in [0.3, 0.4) is 0 Å². The minimum absolute atomic E-state index is 0.120. The van der Waals surface area contributed by atoms with Gasteiger partial charge in [0.25, 0.3) is 0 Å². The lowest BCUT2D eigenvalue weighted by Crippen LogP contribution is -2.39. The van der Waals surface area contributed by atoms with Crippen molar-refractivity contribution in [1.29, 1.82) is 0 Å². The molecule has 0 aliphatic heterocycles. The molecule has 0 aliphatic rings. The summed E-state index contributed by atoms with van der Waals surface area (Å²) in [6, 6.07) is 13.5. The van der Waals surface area contributed by atoms with E-state index in [-0.39, 0.29) is 11.7 Å². The third kappa shape index (κ3) is 3.45. The molecule has 0 fully saturated rings. The van der Waals surface area contributed by atoms with Gasteiger partial charge in [-0.25, -0.2) is 4.39 Å². The normalized spacial score (nSPS) is 11.1. The van der Waals surface area contributed by atoms with Gasteiger partial charge in [0, 0.05) is 12.1 Å². The van der Waals surface area contributed by atoms with Crippen molar-refractivity contribution in [2.45, 2.75) is 25.8 Å². The Morgan fingerprint density at radius 3 is 2.41 bits per heavy atom. The highest BCUT2D eigenvalue weighted by Gasteiger charge is 2.29. The molecule has 0 saturated heterocycles. The van der Waals surface area contributed by atoms with Crippen LogP contribution in [-0.4, -0.2) is 13.0 Å². The summed E-state index contributed by atoms with van der Waals surface area (Å²) >= 11 is 0. The van der Waals surface area contributed by atoms with Gasteiger partial charge in [0.15, 0.2) is 0 Å². The van der Waals surface area contributed by atoms with Gasteiger partial charge in [-0.05, 0) is 37.6 Å². The second-order valence-corrected chi connectivity index (χ2v) is 5.63. The molecule has 0 unspecified atom stereocenters. The first-order valence-corrected chi connectivity index (χ1v) is 7.11. The largest absolute Gasteiger partial charge is 0.496 e. The number of hydrogen-bond acceptors (Lipinski definition) is 2. The summed E-state index contributed by atoms with van der Waals surface area (Å²) in [6.07, 6.45) is 0. The maximum atomic E-state index is 13.0. The van der Waals surface area contributed by atoms with E-state index in [1.165, 1.54) is 12.1 Å². The Labute approximate surface area is 130 Å². The molecule has 0 bridgehead atoms.